The number of nitrogens with one attached hydrogen (secondary N) is 3. The number of amides is 2. The highest BCUT2D eigenvalue weighted by atomic mass is 35.5. The molecule has 4 aliphatic rings. The molecule has 1 aliphatic carbocycles. The number of hydrogen-bond donors (Lipinski definition) is 4. The molecule has 2 spiro atoms. The Kier molecular flexibility index (Phi) is 7.39. The normalized spacial score (nSPS) is 32.5. The molecule has 6 atom stereocenters. The van der Waals surface area contributed by atoms with Crippen LogP contribution in [0.5, 0.6) is 0 Å². The number of rotatable bonds is 4. The van der Waals surface area contributed by atoms with Crippen molar-refractivity contribution in [3.8, 4) is 0 Å². The maximum atomic E-state index is 14.5. The zero-order chi connectivity index (χ0) is 29.2. The lowest BCUT2D eigenvalue weighted by molar-refractivity contribution is -0.126. The Hall–Kier alpha value is -2.23. The van der Waals surface area contributed by atoms with Crippen molar-refractivity contribution in [2.24, 2.45) is 5.41 Å². The predicted molar refractivity (Wildman–Crippen MR) is 158 cm³/mol. The van der Waals surface area contributed by atoms with Crippen molar-refractivity contribution in [3.05, 3.63) is 57.8 Å². The molecule has 2 aromatic rings. The first kappa shape index (κ1) is 28.9. The zero-order valence-corrected chi connectivity index (χ0v) is 25.2. The Balaban J connectivity index is 1.46. The molecule has 1 unspecified atom stereocenters. The summed E-state index contributed by atoms with van der Waals surface area (Å²) < 4.78 is 5.86. The van der Waals surface area contributed by atoms with Gasteiger partial charge in [0.25, 0.3) is 0 Å². The highest BCUT2D eigenvalue weighted by Gasteiger charge is 2.72. The van der Waals surface area contributed by atoms with Crippen LogP contribution in [0.2, 0.25) is 10.2 Å². The van der Waals surface area contributed by atoms with Gasteiger partial charge in [0.1, 0.15) is 10.6 Å². The molecule has 3 aliphatic heterocycles. The number of pyridine rings is 1. The third-order valence-corrected chi connectivity index (χ3v) is 10.5. The van der Waals surface area contributed by atoms with Gasteiger partial charge in [-0.25, -0.2) is 4.98 Å². The van der Waals surface area contributed by atoms with Crippen molar-refractivity contribution in [1.29, 1.82) is 0 Å². The summed E-state index contributed by atoms with van der Waals surface area (Å²) in [5.74, 6) is -0.860. The number of aliphatic hydroxyl groups is 1. The van der Waals surface area contributed by atoms with E-state index in [0.717, 1.165) is 36.8 Å². The van der Waals surface area contributed by atoms with Crippen LogP contribution in [0.4, 0.5) is 5.69 Å². The van der Waals surface area contributed by atoms with Gasteiger partial charge in [-0.05, 0) is 86.3 Å². The number of ether oxygens (including phenoxy) is 1. The molecule has 0 radical (unpaired) electrons. The summed E-state index contributed by atoms with van der Waals surface area (Å²) in [5.41, 5.74) is 0.705. The van der Waals surface area contributed by atoms with Crippen molar-refractivity contribution in [3.63, 3.8) is 0 Å². The zero-order valence-electron chi connectivity index (χ0n) is 23.7. The quantitative estimate of drug-likeness (QED) is 0.378. The van der Waals surface area contributed by atoms with Crippen molar-refractivity contribution in [2.75, 3.05) is 11.9 Å². The summed E-state index contributed by atoms with van der Waals surface area (Å²) in [6.45, 7) is 6.57. The van der Waals surface area contributed by atoms with Crippen LogP contribution in [-0.4, -0.2) is 58.3 Å². The molecule has 2 saturated heterocycles. The number of nitrogens with zero attached hydrogens (tertiary/aromatic N) is 1. The molecular formula is C31H38Cl2N4O4. The SMILES string of the molecule is CC(O)[C@@H]1CC[C@@H](NC(=O)[C@@H]2NC3(CCC(C)(C)CC3)[C@@]3(C(=O)Nc4cc(Cl)ccc43)[C@@H]2c2ccnc(Cl)c2)CO1. The van der Waals surface area contributed by atoms with Crippen LogP contribution < -0.4 is 16.0 Å². The topological polar surface area (TPSA) is 113 Å². The van der Waals surface area contributed by atoms with E-state index in [0.29, 0.717) is 35.3 Å². The number of hydrogen-bond acceptors (Lipinski definition) is 6. The standard InChI is InChI=1S/C31H38Cl2N4O4/c1-17(38)23-7-5-20(16-41-23)35-27(39)26-25(18-8-13-34-24(33)14-18)31(30(37-26)11-9-29(2,3)10-12-30)21-6-4-19(32)15-22(21)36-28(31)40/h4,6,8,13-15,17,20,23,25-26,37-38H,5,7,9-12,16H2,1-3H3,(H,35,39)(H,36,40)/t17?,20-,23+,25-,26-,31-/m1/s1. The summed E-state index contributed by atoms with van der Waals surface area (Å²) in [6.07, 6.45) is 5.48. The van der Waals surface area contributed by atoms with E-state index in [-0.39, 0.29) is 29.4 Å². The highest BCUT2D eigenvalue weighted by Crippen LogP contribution is 2.63. The van der Waals surface area contributed by atoms with Crippen molar-refractivity contribution in [2.45, 2.75) is 100 Å². The second-order valence-corrected chi connectivity index (χ2v) is 13.9. The molecule has 3 fully saturated rings. The van der Waals surface area contributed by atoms with Gasteiger partial charge in [0, 0.05) is 28.4 Å². The van der Waals surface area contributed by atoms with Crippen LogP contribution in [0, 0.1) is 5.41 Å². The number of benzene rings is 1. The van der Waals surface area contributed by atoms with Crippen LogP contribution in [0.3, 0.4) is 0 Å². The number of anilines is 1. The molecule has 6 rings (SSSR count). The van der Waals surface area contributed by atoms with Gasteiger partial charge >= 0.3 is 0 Å². The second-order valence-electron chi connectivity index (χ2n) is 13.1. The largest absolute Gasteiger partial charge is 0.391 e. The van der Waals surface area contributed by atoms with Gasteiger partial charge in [0.2, 0.25) is 11.8 Å². The summed E-state index contributed by atoms with van der Waals surface area (Å²) >= 11 is 12.8. The van der Waals surface area contributed by atoms with Gasteiger partial charge in [-0.3, -0.25) is 14.9 Å². The van der Waals surface area contributed by atoms with Crippen LogP contribution in [0.1, 0.15) is 76.3 Å². The number of carbonyl (C=O) groups is 2. The van der Waals surface area contributed by atoms with Crippen molar-refractivity contribution in [1.82, 2.24) is 15.6 Å². The van der Waals surface area contributed by atoms with E-state index in [4.69, 9.17) is 27.9 Å². The first-order valence-corrected chi connectivity index (χ1v) is 15.3. The fourth-order valence-corrected chi connectivity index (χ4v) is 8.21. The molecule has 1 saturated carbocycles. The summed E-state index contributed by atoms with van der Waals surface area (Å²) in [5, 5.41) is 20.9. The minimum Gasteiger partial charge on any atom is -0.391 e. The van der Waals surface area contributed by atoms with E-state index < -0.39 is 29.0 Å². The molecule has 220 valence electrons. The molecule has 10 heteroatoms. The third-order valence-electron chi connectivity index (χ3n) is 10.0. The molecule has 4 heterocycles. The van der Waals surface area contributed by atoms with E-state index >= 15 is 0 Å². The Morgan fingerprint density at radius 1 is 1.15 bits per heavy atom. The first-order chi connectivity index (χ1) is 19.5. The van der Waals surface area contributed by atoms with Gasteiger partial charge in [-0.15, -0.1) is 0 Å². The monoisotopic (exact) mass is 600 g/mol. The molecule has 4 N–H and O–H groups in total. The minimum absolute atomic E-state index is 0.127. The van der Waals surface area contributed by atoms with E-state index in [1.54, 1.807) is 25.3 Å². The third kappa shape index (κ3) is 4.76. The summed E-state index contributed by atoms with van der Waals surface area (Å²) in [4.78, 5) is 33.0. The van der Waals surface area contributed by atoms with E-state index in [1.807, 2.05) is 18.2 Å². The average Bonchev–Trinajstić information content (AvgIpc) is 3.38. The minimum atomic E-state index is -1.07. The molecule has 1 aromatic heterocycles. The number of aliphatic hydroxyl groups excluding tert-OH is 1. The highest BCUT2D eigenvalue weighted by molar-refractivity contribution is 6.31. The Morgan fingerprint density at radius 3 is 2.56 bits per heavy atom. The lowest BCUT2D eigenvalue weighted by Crippen LogP contribution is -2.61. The fourth-order valence-electron chi connectivity index (χ4n) is 7.85. The van der Waals surface area contributed by atoms with E-state index in [1.165, 1.54) is 0 Å². The van der Waals surface area contributed by atoms with Crippen LogP contribution >= 0.6 is 23.2 Å². The van der Waals surface area contributed by atoms with Gasteiger partial charge in [-0.2, -0.15) is 0 Å². The molecule has 1 aromatic carbocycles. The number of aromatic nitrogens is 1. The fraction of sp³-hybridized carbons (Fsp3) is 0.581. The average molecular weight is 602 g/mol. The van der Waals surface area contributed by atoms with Crippen LogP contribution in [0.15, 0.2) is 36.5 Å². The number of carbonyl (C=O) groups excluding carboxylic acids is 2. The van der Waals surface area contributed by atoms with E-state index in [9.17, 15) is 14.7 Å². The maximum absolute atomic E-state index is 14.5. The van der Waals surface area contributed by atoms with Crippen LogP contribution in [0.25, 0.3) is 0 Å². The molecule has 8 nitrogen and oxygen atoms in total. The van der Waals surface area contributed by atoms with E-state index in [2.05, 4.69) is 34.8 Å². The lowest BCUT2D eigenvalue weighted by Gasteiger charge is -2.50. The second kappa shape index (κ2) is 10.5. The smallest absolute Gasteiger partial charge is 0.238 e. The summed E-state index contributed by atoms with van der Waals surface area (Å²) in [7, 11) is 0. The van der Waals surface area contributed by atoms with Gasteiger partial charge in [-0.1, -0.05) is 43.1 Å². The maximum Gasteiger partial charge on any atom is 0.238 e. The van der Waals surface area contributed by atoms with Crippen molar-refractivity contribution >= 4 is 40.7 Å². The Labute approximate surface area is 250 Å². The van der Waals surface area contributed by atoms with Gasteiger partial charge < -0.3 is 20.5 Å². The summed E-state index contributed by atoms with van der Waals surface area (Å²) in [6, 6.07) is 8.31. The Morgan fingerprint density at radius 2 is 1.90 bits per heavy atom. The molecule has 0 bridgehead atoms. The Bertz CT molecular complexity index is 1350. The molecule has 2 amide bonds. The number of fused-ring (bicyclic) bond motifs is 3. The number of halogens is 2. The van der Waals surface area contributed by atoms with Crippen molar-refractivity contribution < 1.29 is 19.4 Å². The molecule has 41 heavy (non-hydrogen) atoms. The lowest BCUT2D eigenvalue weighted by atomic mass is 9.53. The molecular weight excluding hydrogens is 563 g/mol. The van der Waals surface area contributed by atoms with Gasteiger partial charge in [0.05, 0.1) is 30.9 Å². The predicted octanol–water partition coefficient (Wildman–Crippen LogP) is 4.72. The van der Waals surface area contributed by atoms with Gasteiger partial charge in [0.15, 0.2) is 0 Å². The first-order valence-electron chi connectivity index (χ1n) is 14.6. The van der Waals surface area contributed by atoms with Crippen LogP contribution in [-0.2, 0) is 19.7 Å².